The molecule has 2 amide bonds. The normalized spacial score (nSPS) is 12.9. The second-order valence-electron chi connectivity index (χ2n) is 8.61. The molecule has 0 saturated heterocycles. The zero-order valence-electron chi connectivity index (χ0n) is 20.1. The number of ether oxygens (including phenoxy) is 1. The van der Waals surface area contributed by atoms with Gasteiger partial charge in [0.05, 0.1) is 30.4 Å². The Balaban J connectivity index is 1.67. The molecule has 0 fully saturated rings. The van der Waals surface area contributed by atoms with Gasteiger partial charge in [-0.15, -0.1) is 11.3 Å². The minimum Gasteiger partial charge on any atom is -0.495 e. The maximum Gasteiger partial charge on any atom is 0.337 e. The number of benzene rings is 2. The van der Waals surface area contributed by atoms with Gasteiger partial charge in [-0.05, 0) is 48.4 Å². The van der Waals surface area contributed by atoms with E-state index in [9.17, 15) is 23.6 Å². The largest absolute Gasteiger partial charge is 0.495 e. The van der Waals surface area contributed by atoms with E-state index in [1.54, 1.807) is 29.2 Å². The van der Waals surface area contributed by atoms with Crippen molar-refractivity contribution in [2.75, 3.05) is 19.0 Å². The average Bonchev–Trinajstić information content (AvgIpc) is 3.27. The van der Waals surface area contributed by atoms with Gasteiger partial charge in [0.25, 0.3) is 5.56 Å². The van der Waals surface area contributed by atoms with Crippen molar-refractivity contribution in [3.05, 3.63) is 85.6 Å². The van der Waals surface area contributed by atoms with E-state index in [2.05, 4.69) is 5.32 Å². The van der Waals surface area contributed by atoms with Crippen molar-refractivity contribution in [2.45, 2.75) is 26.4 Å². The second kappa shape index (κ2) is 9.66. The Morgan fingerprint density at radius 1 is 1.11 bits per heavy atom. The van der Waals surface area contributed by atoms with Crippen molar-refractivity contribution in [2.24, 2.45) is 0 Å². The predicted molar refractivity (Wildman–Crippen MR) is 138 cm³/mol. The fourth-order valence-electron chi connectivity index (χ4n) is 4.51. The maximum absolute atomic E-state index is 13.7. The monoisotopic (exact) mass is 522 g/mol. The molecule has 11 heteroatoms. The van der Waals surface area contributed by atoms with E-state index >= 15 is 0 Å². The zero-order chi connectivity index (χ0) is 26.3. The molecule has 0 spiro atoms. The molecule has 2 aromatic heterocycles. The van der Waals surface area contributed by atoms with Gasteiger partial charge < -0.3 is 15.0 Å². The molecule has 37 heavy (non-hydrogen) atoms. The lowest BCUT2D eigenvalue weighted by Gasteiger charge is -2.25. The summed E-state index contributed by atoms with van der Waals surface area (Å²) in [5.74, 6) is -0.624. The highest BCUT2D eigenvalue weighted by Gasteiger charge is 2.28. The van der Waals surface area contributed by atoms with E-state index in [1.807, 2.05) is 0 Å². The minimum atomic E-state index is -0.721. The Bertz CT molecular complexity index is 1650. The van der Waals surface area contributed by atoms with Crippen LogP contribution in [0.2, 0.25) is 0 Å². The van der Waals surface area contributed by atoms with Crippen LogP contribution in [0.3, 0.4) is 0 Å². The maximum atomic E-state index is 13.7. The minimum absolute atomic E-state index is 0.0830. The van der Waals surface area contributed by atoms with Gasteiger partial charge in [0.2, 0.25) is 11.8 Å². The van der Waals surface area contributed by atoms with Crippen LogP contribution in [0.15, 0.2) is 58.1 Å². The van der Waals surface area contributed by atoms with E-state index in [1.165, 1.54) is 42.1 Å². The third kappa shape index (κ3) is 4.42. The lowest BCUT2D eigenvalue weighted by atomic mass is 10.1. The van der Waals surface area contributed by atoms with Crippen molar-refractivity contribution in [3.8, 4) is 11.4 Å². The molecule has 9 nitrogen and oxygen atoms in total. The van der Waals surface area contributed by atoms with Gasteiger partial charge in [0.1, 0.15) is 22.9 Å². The molecule has 4 aromatic rings. The fourth-order valence-corrected chi connectivity index (χ4v) is 5.86. The summed E-state index contributed by atoms with van der Waals surface area (Å²) in [6, 6.07) is 11.9. The number of hydrogen-bond donors (Lipinski definition) is 1. The number of para-hydroxylation sites is 2. The molecule has 0 radical (unpaired) electrons. The summed E-state index contributed by atoms with van der Waals surface area (Å²) in [5.41, 5.74) is 0.132. The van der Waals surface area contributed by atoms with E-state index in [0.717, 1.165) is 27.1 Å². The summed E-state index contributed by atoms with van der Waals surface area (Å²) in [6.45, 7) is 1.88. The summed E-state index contributed by atoms with van der Waals surface area (Å²) in [4.78, 5) is 55.2. The van der Waals surface area contributed by atoms with Crippen LogP contribution in [0.25, 0.3) is 15.9 Å². The number of carbonyl (C=O) groups is 2. The molecule has 0 aliphatic carbocycles. The molecular weight excluding hydrogens is 499 g/mol. The number of nitrogens with zero attached hydrogens (tertiary/aromatic N) is 3. The molecule has 0 bridgehead atoms. The van der Waals surface area contributed by atoms with Crippen LogP contribution in [0.1, 0.15) is 17.4 Å². The van der Waals surface area contributed by atoms with Crippen LogP contribution in [-0.4, -0.2) is 39.5 Å². The van der Waals surface area contributed by atoms with Crippen LogP contribution < -0.4 is 21.3 Å². The van der Waals surface area contributed by atoms with Gasteiger partial charge in [0.15, 0.2) is 0 Å². The zero-order valence-corrected chi connectivity index (χ0v) is 20.9. The summed E-state index contributed by atoms with van der Waals surface area (Å²) < 4.78 is 21.1. The molecule has 190 valence electrons. The highest BCUT2D eigenvalue weighted by molar-refractivity contribution is 7.18. The quantitative estimate of drug-likeness (QED) is 0.434. The van der Waals surface area contributed by atoms with Crippen molar-refractivity contribution in [3.63, 3.8) is 0 Å². The number of hydrogen-bond acceptors (Lipinski definition) is 6. The lowest BCUT2D eigenvalue weighted by Crippen LogP contribution is -2.41. The predicted octanol–water partition coefficient (Wildman–Crippen LogP) is 2.90. The lowest BCUT2D eigenvalue weighted by molar-refractivity contribution is -0.129. The molecule has 1 aliphatic rings. The molecule has 3 heterocycles. The molecule has 2 aromatic carbocycles. The Labute approximate surface area is 214 Å². The number of fused-ring (bicyclic) bond motifs is 3. The number of nitrogens with one attached hydrogen (secondary N) is 1. The molecule has 1 N–H and O–H groups in total. The summed E-state index contributed by atoms with van der Waals surface area (Å²) >= 11 is 1.23. The van der Waals surface area contributed by atoms with Crippen molar-refractivity contribution in [1.29, 1.82) is 0 Å². The first-order valence-corrected chi connectivity index (χ1v) is 12.3. The molecule has 0 atom stereocenters. The third-order valence-electron chi connectivity index (χ3n) is 6.34. The highest BCUT2D eigenvalue weighted by Crippen LogP contribution is 2.33. The number of rotatable bonds is 5. The average molecular weight is 523 g/mol. The molecule has 5 rings (SSSR count). The smallest absolute Gasteiger partial charge is 0.337 e. The number of amides is 2. The number of carbonyl (C=O) groups excluding carboxylic acids is 2. The Hall–Kier alpha value is -4.25. The number of thiophene rings is 1. The Morgan fingerprint density at radius 2 is 1.84 bits per heavy atom. The van der Waals surface area contributed by atoms with Crippen LogP contribution in [0.4, 0.5) is 10.1 Å². The third-order valence-corrected chi connectivity index (χ3v) is 7.58. The number of anilines is 1. The van der Waals surface area contributed by atoms with Gasteiger partial charge in [-0.25, -0.2) is 13.8 Å². The molecule has 1 aliphatic heterocycles. The topological polar surface area (TPSA) is 103 Å². The molecule has 0 unspecified atom stereocenters. The van der Waals surface area contributed by atoms with Crippen LogP contribution in [-0.2, 0) is 29.1 Å². The van der Waals surface area contributed by atoms with Crippen molar-refractivity contribution >= 4 is 39.1 Å². The first kappa shape index (κ1) is 24.4. The van der Waals surface area contributed by atoms with Crippen molar-refractivity contribution < 1.29 is 18.7 Å². The molecular formula is C26H23FN4O5S. The van der Waals surface area contributed by atoms with Gasteiger partial charge in [-0.1, -0.05) is 12.1 Å². The Morgan fingerprint density at radius 3 is 2.54 bits per heavy atom. The Kier molecular flexibility index (Phi) is 6.38. The van der Waals surface area contributed by atoms with Crippen LogP contribution >= 0.6 is 11.3 Å². The summed E-state index contributed by atoms with van der Waals surface area (Å²) in [6.07, 6.45) is 0.444. The van der Waals surface area contributed by atoms with Crippen LogP contribution in [0, 0.1) is 5.82 Å². The standard InChI is InChI=1S/C26H23FN4O5S/c1-15(32)29-12-11-18-21(13-29)37-25-23(18)24(34)31(17-9-7-16(27)8-10-17)26(35)30(25)14-22(33)28-19-5-3-4-6-20(19)36-2/h3-10H,11-14H2,1-2H3,(H,28,33). The first-order chi connectivity index (χ1) is 17.8. The van der Waals surface area contributed by atoms with Gasteiger partial charge in [0, 0.05) is 18.3 Å². The fraction of sp³-hybridized carbons (Fsp3) is 0.231. The van der Waals surface area contributed by atoms with Gasteiger partial charge >= 0.3 is 5.69 Å². The highest BCUT2D eigenvalue weighted by atomic mass is 32.1. The SMILES string of the molecule is COc1ccccc1NC(=O)Cn1c(=O)n(-c2ccc(F)cc2)c(=O)c2c3c(sc21)CN(C(C)=O)CC3. The summed E-state index contributed by atoms with van der Waals surface area (Å²) in [5, 5.41) is 3.09. The van der Waals surface area contributed by atoms with Crippen molar-refractivity contribution in [1.82, 2.24) is 14.0 Å². The van der Waals surface area contributed by atoms with Gasteiger partial charge in [-0.2, -0.15) is 0 Å². The van der Waals surface area contributed by atoms with E-state index < -0.39 is 23.0 Å². The number of methoxy groups -OCH3 is 1. The summed E-state index contributed by atoms with van der Waals surface area (Å²) in [7, 11) is 1.48. The number of aromatic nitrogens is 2. The van der Waals surface area contributed by atoms with E-state index in [4.69, 9.17) is 4.74 Å². The molecule has 0 saturated carbocycles. The second-order valence-corrected chi connectivity index (χ2v) is 9.69. The first-order valence-electron chi connectivity index (χ1n) is 11.5. The van der Waals surface area contributed by atoms with Crippen LogP contribution in [0.5, 0.6) is 5.75 Å². The number of halogens is 1. The van der Waals surface area contributed by atoms with Gasteiger partial charge in [-0.3, -0.25) is 19.0 Å². The van der Waals surface area contributed by atoms with E-state index in [-0.39, 0.29) is 18.1 Å². The van der Waals surface area contributed by atoms with E-state index in [0.29, 0.717) is 41.2 Å².